The number of rotatable bonds is 6. The molecule has 0 heterocycles. The Bertz CT molecular complexity index is 477. The lowest BCUT2D eigenvalue weighted by Gasteiger charge is -2.13. The number of amides is 2. The molecule has 0 aliphatic carbocycles. The van der Waals surface area contributed by atoms with Gasteiger partial charge in [0.15, 0.2) is 6.54 Å². The van der Waals surface area contributed by atoms with Gasteiger partial charge in [-0.2, -0.15) is 0 Å². The van der Waals surface area contributed by atoms with Crippen LogP contribution in [0.4, 0.5) is 0 Å². The number of carbonyl (C=O) groups is 2. The van der Waals surface area contributed by atoms with Crippen molar-refractivity contribution in [3.63, 3.8) is 0 Å². The van der Waals surface area contributed by atoms with Gasteiger partial charge in [0.1, 0.15) is 6.04 Å². The Hall–Kier alpha value is -1.59. The van der Waals surface area contributed by atoms with Crippen LogP contribution >= 0.6 is 11.6 Å². The Labute approximate surface area is 124 Å². The second-order valence-corrected chi connectivity index (χ2v) is 5.22. The van der Waals surface area contributed by atoms with Crippen molar-refractivity contribution in [3.05, 3.63) is 34.9 Å². The number of hydrogen-bond acceptors (Lipinski definition) is 2. The third-order valence-corrected chi connectivity index (χ3v) is 3.33. The van der Waals surface area contributed by atoms with Crippen LogP contribution in [0, 0.1) is 0 Å². The van der Waals surface area contributed by atoms with Crippen molar-refractivity contribution in [1.29, 1.82) is 0 Å². The van der Waals surface area contributed by atoms with Gasteiger partial charge in [0.05, 0.1) is 6.54 Å². The molecular formula is C14H21ClN3O2+. The topological polar surface area (TPSA) is 66.0 Å². The van der Waals surface area contributed by atoms with Gasteiger partial charge < -0.3 is 15.5 Å². The van der Waals surface area contributed by atoms with Gasteiger partial charge in [-0.15, -0.1) is 0 Å². The molecule has 0 radical (unpaired) electrons. The first-order valence-corrected chi connectivity index (χ1v) is 6.84. The van der Waals surface area contributed by atoms with Crippen molar-refractivity contribution in [1.82, 2.24) is 10.2 Å². The molecule has 1 aromatic carbocycles. The first-order chi connectivity index (χ1) is 9.41. The number of carbonyl (C=O) groups excluding carboxylic acids is 2. The quantitative estimate of drug-likeness (QED) is 0.786. The fourth-order valence-electron chi connectivity index (χ4n) is 1.66. The minimum atomic E-state index is -0.167. The molecule has 0 spiro atoms. The maximum absolute atomic E-state index is 11.6. The number of nitrogens with zero attached hydrogens (tertiary/aromatic N) is 1. The molecule has 0 aliphatic rings. The summed E-state index contributed by atoms with van der Waals surface area (Å²) >= 11 is 6.10. The molecule has 5 nitrogen and oxygen atoms in total. The summed E-state index contributed by atoms with van der Waals surface area (Å²) in [5, 5.41) is 5.17. The molecule has 0 saturated heterocycles. The smallest absolute Gasteiger partial charge is 0.275 e. The standard InChI is InChI=1S/C14H20ClN3O2/c1-10(11-6-4-5-7-12(11)15)16-8-13(19)17-9-14(20)18(2)3/h4-7,10,16H,8-9H2,1-3H3,(H,17,19)/p+1/t10-/m0/s1. The third kappa shape index (κ3) is 5.19. The van der Waals surface area contributed by atoms with E-state index in [0.29, 0.717) is 5.02 Å². The molecule has 0 aromatic heterocycles. The van der Waals surface area contributed by atoms with Crippen LogP contribution in [0.1, 0.15) is 18.5 Å². The average Bonchev–Trinajstić information content (AvgIpc) is 2.42. The van der Waals surface area contributed by atoms with E-state index in [2.05, 4.69) is 5.32 Å². The number of halogens is 1. The van der Waals surface area contributed by atoms with Crippen LogP contribution in [0.15, 0.2) is 24.3 Å². The van der Waals surface area contributed by atoms with Crippen LogP contribution in [-0.4, -0.2) is 43.9 Å². The van der Waals surface area contributed by atoms with Crippen molar-refractivity contribution in [2.45, 2.75) is 13.0 Å². The normalized spacial score (nSPS) is 11.8. The fraction of sp³-hybridized carbons (Fsp3) is 0.429. The van der Waals surface area contributed by atoms with Crippen molar-refractivity contribution in [2.24, 2.45) is 0 Å². The second-order valence-electron chi connectivity index (χ2n) is 4.81. The first kappa shape index (κ1) is 16.5. The van der Waals surface area contributed by atoms with Gasteiger partial charge in [-0.3, -0.25) is 9.59 Å². The van der Waals surface area contributed by atoms with Gasteiger partial charge >= 0.3 is 0 Å². The zero-order chi connectivity index (χ0) is 15.1. The van der Waals surface area contributed by atoms with Crippen LogP contribution < -0.4 is 10.6 Å². The maximum Gasteiger partial charge on any atom is 0.275 e. The largest absolute Gasteiger partial charge is 0.347 e. The van der Waals surface area contributed by atoms with Crippen molar-refractivity contribution < 1.29 is 14.9 Å². The lowest BCUT2D eigenvalue weighted by Crippen LogP contribution is -2.87. The van der Waals surface area contributed by atoms with Crippen molar-refractivity contribution >= 4 is 23.4 Å². The number of quaternary nitrogens is 1. The summed E-state index contributed by atoms with van der Waals surface area (Å²) in [6.07, 6.45) is 0. The van der Waals surface area contributed by atoms with E-state index in [1.165, 1.54) is 4.90 Å². The summed E-state index contributed by atoms with van der Waals surface area (Å²) < 4.78 is 0. The zero-order valence-electron chi connectivity index (χ0n) is 12.0. The lowest BCUT2D eigenvalue weighted by molar-refractivity contribution is -0.682. The third-order valence-electron chi connectivity index (χ3n) is 2.99. The summed E-state index contributed by atoms with van der Waals surface area (Å²) in [6, 6.07) is 7.65. The molecule has 0 aliphatic heterocycles. The highest BCUT2D eigenvalue weighted by Gasteiger charge is 2.14. The number of benzene rings is 1. The Morgan fingerprint density at radius 1 is 1.35 bits per heavy atom. The van der Waals surface area contributed by atoms with Crippen LogP contribution in [0.3, 0.4) is 0 Å². The van der Waals surface area contributed by atoms with Crippen molar-refractivity contribution in [3.8, 4) is 0 Å². The van der Waals surface area contributed by atoms with Crippen LogP contribution in [0.2, 0.25) is 5.02 Å². The Balaban J connectivity index is 2.38. The summed E-state index contributed by atoms with van der Waals surface area (Å²) in [7, 11) is 3.31. The van der Waals surface area contributed by atoms with E-state index in [1.54, 1.807) is 14.1 Å². The molecule has 2 amide bonds. The van der Waals surface area contributed by atoms with Gasteiger partial charge in [0.2, 0.25) is 5.91 Å². The molecule has 1 atom stereocenters. The SMILES string of the molecule is C[C@H]([NH2+]CC(=O)NCC(=O)N(C)C)c1ccccc1Cl. The molecule has 1 aromatic rings. The minimum Gasteiger partial charge on any atom is -0.347 e. The van der Waals surface area contributed by atoms with E-state index < -0.39 is 0 Å². The maximum atomic E-state index is 11.6. The predicted octanol–water partition coefficient (Wildman–Crippen LogP) is 0.169. The van der Waals surface area contributed by atoms with E-state index in [1.807, 2.05) is 36.5 Å². The summed E-state index contributed by atoms with van der Waals surface area (Å²) in [5.74, 6) is -0.295. The fourth-order valence-corrected chi connectivity index (χ4v) is 1.97. The average molecular weight is 299 g/mol. The number of nitrogens with one attached hydrogen (secondary N) is 1. The van der Waals surface area contributed by atoms with Gasteiger partial charge in [-0.05, 0) is 13.0 Å². The molecule has 110 valence electrons. The van der Waals surface area contributed by atoms with Gasteiger partial charge in [-0.1, -0.05) is 29.8 Å². The van der Waals surface area contributed by atoms with E-state index in [-0.39, 0.29) is 30.9 Å². The Kier molecular flexibility index (Phi) is 6.48. The Morgan fingerprint density at radius 2 is 2.00 bits per heavy atom. The number of nitrogens with two attached hydrogens (primary N) is 1. The Morgan fingerprint density at radius 3 is 2.60 bits per heavy atom. The molecule has 6 heteroatoms. The zero-order valence-corrected chi connectivity index (χ0v) is 12.8. The van der Waals surface area contributed by atoms with Gasteiger partial charge in [0, 0.05) is 24.7 Å². The van der Waals surface area contributed by atoms with E-state index in [0.717, 1.165) is 5.56 Å². The molecule has 0 saturated carbocycles. The molecule has 1 rings (SSSR count). The molecule has 0 fully saturated rings. The van der Waals surface area contributed by atoms with Crippen LogP contribution in [0.5, 0.6) is 0 Å². The number of likely N-dealkylation sites (N-methyl/N-ethyl adjacent to an activating group) is 1. The monoisotopic (exact) mass is 298 g/mol. The van der Waals surface area contributed by atoms with E-state index >= 15 is 0 Å². The van der Waals surface area contributed by atoms with E-state index in [4.69, 9.17) is 11.6 Å². The van der Waals surface area contributed by atoms with Crippen LogP contribution in [-0.2, 0) is 9.59 Å². The summed E-state index contributed by atoms with van der Waals surface area (Å²) in [6.45, 7) is 2.27. The first-order valence-electron chi connectivity index (χ1n) is 6.46. The number of hydrogen-bond donors (Lipinski definition) is 2. The summed E-state index contributed by atoms with van der Waals surface area (Å²) in [5.41, 5.74) is 0.992. The summed E-state index contributed by atoms with van der Waals surface area (Å²) in [4.78, 5) is 24.4. The molecule has 0 unspecified atom stereocenters. The predicted molar refractivity (Wildman–Crippen MR) is 78.4 cm³/mol. The van der Waals surface area contributed by atoms with E-state index in [9.17, 15) is 9.59 Å². The molecular weight excluding hydrogens is 278 g/mol. The molecule has 20 heavy (non-hydrogen) atoms. The lowest BCUT2D eigenvalue weighted by atomic mass is 10.1. The highest BCUT2D eigenvalue weighted by Crippen LogP contribution is 2.19. The highest BCUT2D eigenvalue weighted by molar-refractivity contribution is 6.31. The second kappa shape index (κ2) is 7.87. The highest BCUT2D eigenvalue weighted by atomic mass is 35.5. The van der Waals surface area contributed by atoms with Gasteiger partial charge in [0.25, 0.3) is 5.91 Å². The minimum absolute atomic E-state index is 0.0279. The van der Waals surface area contributed by atoms with Crippen LogP contribution in [0.25, 0.3) is 0 Å². The molecule has 3 N–H and O–H groups in total. The molecule has 0 bridgehead atoms. The van der Waals surface area contributed by atoms with Crippen molar-refractivity contribution in [2.75, 3.05) is 27.2 Å². The van der Waals surface area contributed by atoms with Gasteiger partial charge in [-0.25, -0.2) is 0 Å².